The van der Waals surface area contributed by atoms with E-state index < -0.39 is 0 Å². The number of nitriles is 1. The van der Waals surface area contributed by atoms with Gasteiger partial charge in [-0.1, -0.05) is 24.3 Å². The lowest BCUT2D eigenvalue weighted by Gasteiger charge is -2.16. The normalized spacial score (nSPS) is 17.6. The summed E-state index contributed by atoms with van der Waals surface area (Å²) in [6, 6.07) is 19.0. The highest BCUT2D eigenvalue weighted by atomic mass is 16.5. The number of anilines is 1. The number of hydrogen-bond acceptors (Lipinski definition) is 3. The summed E-state index contributed by atoms with van der Waals surface area (Å²) >= 11 is 0. The second kappa shape index (κ2) is 5.68. The van der Waals surface area contributed by atoms with Gasteiger partial charge in [-0.3, -0.25) is 4.79 Å². The zero-order valence-corrected chi connectivity index (χ0v) is 11.4. The standard InChI is InChI=1S/C17H14N2O2/c18-11-13-9-17(20)19(12-13)14-5-4-8-16(10-14)21-15-6-2-1-3-7-15/h1-8,10,13H,9,12H2. The summed E-state index contributed by atoms with van der Waals surface area (Å²) in [6.45, 7) is 0.449. The molecule has 1 unspecified atom stereocenters. The molecule has 0 spiro atoms. The summed E-state index contributed by atoms with van der Waals surface area (Å²) in [5, 5.41) is 8.94. The van der Waals surface area contributed by atoms with Crippen LogP contribution in [-0.2, 0) is 4.79 Å². The average molecular weight is 278 g/mol. The highest BCUT2D eigenvalue weighted by molar-refractivity contribution is 5.96. The summed E-state index contributed by atoms with van der Waals surface area (Å²) in [6.07, 6.45) is 0.292. The van der Waals surface area contributed by atoms with Gasteiger partial charge in [-0.25, -0.2) is 0 Å². The van der Waals surface area contributed by atoms with Gasteiger partial charge >= 0.3 is 0 Å². The van der Waals surface area contributed by atoms with Crippen molar-refractivity contribution in [1.82, 2.24) is 0 Å². The molecule has 0 saturated carbocycles. The molecule has 21 heavy (non-hydrogen) atoms. The van der Waals surface area contributed by atoms with E-state index in [2.05, 4.69) is 6.07 Å². The lowest BCUT2D eigenvalue weighted by molar-refractivity contribution is -0.117. The first kappa shape index (κ1) is 13.2. The Balaban J connectivity index is 1.81. The SMILES string of the molecule is N#CC1CC(=O)N(c2cccc(Oc3ccccc3)c2)C1. The Morgan fingerprint density at radius 3 is 2.57 bits per heavy atom. The second-order valence-electron chi connectivity index (χ2n) is 4.95. The van der Waals surface area contributed by atoms with Gasteiger partial charge in [0.15, 0.2) is 0 Å². The highest BCUT2D eigenvalue weighted by Gasteiger charge is 2.30. The molecule has 1 fully saturated rings. The van der Waals surface area contributed by atoms with Crippen molar-refractivity contribution in [2.75, 3.05) is 11.4 Å². The molecule has 4 nitrogen and oxygen atoms in total. The van der Waals surface area contributed by atoms with Crippen molar-refractivity contribution in [3.05, 3.63) is 54.6 Å². The number of nitrogens with zero attached hydrogens (tertiary/aromatic N) is 2. The predicted molar refractivity (Wildman–Crippen MR) is 79.0 cm³/mol. The molecule has 3 rings (SSSR count). The Morgan fingerprint density at radius 2 is 1.86 bits per heavy atom. The molecule has 1 amide bonds. The van der Waals surface area contributed by atoms with E-state index in [1.54, 1.807) is 4.90 Å². The Hall–Kier alpha value is -2.80. The van der Waals surface area contributed by atoms with Crippen LogP contribution in [-0.4, -0.2) is 12.5 Å². The minimum atomic E-state index is -0.226. The first-order chi connectivity index (χ1) is 10.3. The van der Waals surface area contributed by atoms with Crippen LogP contribution in [0.4, 0.5) is 5.69 Å². The van der Waals surface area contributed by atoms with Crippen LogP contribution in [0.3, 0.4) is 0 Å². The van der Waals surface area contributed by atoms with E-state index in [1.165, 1.54) is 0 Å². The van der Waals surface area contributed by atoms with Crippen LogP contribution in [0.1, 0.15) is 6.42 Å². The molecule has 2 aromatic carbocycles. The molecule has 0 aromatic heterocycles. The molecule has 1 atom stereocenters. The molecule has 4 heteroatoms. The van der Waals surface area contributed by atoms with Crippen LogP contribution in [0.15, 0.2) is 54.6 Å². The molecule has 1 aliphatic heterocycles. The van der Waals surface area contributed by atoms with E-state index >= 15 is 0 Å². The molecule has 1 saturated heterocycles. The van der Waals surface area contributed by atoms with E-state index in [9.17, 15) is 4.79 Å². The Morgan fingerprint density at radius 1 is 1.10 bits per heavy atom. The van der Waals surface area contributed by atoms with Gasteiger partial charge in [0.1, 0.15) is 11.5 Å². The molecular weight excluding hydrogens is 264 g/mol. The number of para-hydroxylation sites is 1. The first-order valence-corrected chi connectivity index (χ1v) is 6.79. The van der Waals surface area contributed by atoms with E-state index in [-0.39, 0.29) is 11.8 Å². The summed E-state index contributed by atoms with van der Waals surface area (Å²) in [7, 11) is 0. The Bertz CT molecular complexity index is 691. The second-order valence-corrected chi connectivity index (χ2v) is 4.95. The van der Waals surface area contributed by atoms with E-state index in [1.807, 2.05) is 54.6 Å². The topological polar surface area (TPSA) is 53.3 Å². The number of ether oxygens (including phenoxy) is 1. The van der Waals surface area contributed by atoms with Crippen LogP contribution in [0, 0.1) is 17.2 Å². The lowest BCUT2D eigenvalue weighted by atomic mass is 10.1. The van der Waals surface area contributed by atoms with Crippen molar-refractivity contribution in [1.29, 1.82) is 5.26 Å². The first-order valence-electron chi connectivity index (χ1n) is 6.79. The van der Waals surface area contributed by atoms with Crippen molar-refractivity contribution in [2.45, 2.75) is 6.42 Å². The van der Waals surface area contributed by atoms with Gasteiger partial charge in [-0.15, -0.1) is 0 Å². The molecular formula is C17H14N2O2. The maximum Gasteiger partial charge on any atom is 0.228 e. The third-order valence-corrected chi connectivity index (χ3v) is 3.42. The number of amides is 1. The summed E-state index contributed by atoms with van der Waals surface area (Å²) < 4.78 is 5.76. The summed E-state index contributed by atoms with van der Waals surface area (Å²) in [5.41, 5.74) is 0.770. The van der Waals surface area contributed by atoms with Crippen molar-refractivity contribution in [2.24, 2.45) is 5.92 Å². The predicted octanol–water partition coefficient (Wildman–Crippen LogP) is 3.36. The van der Waals surface area contributed by atoms with Gasteiger partial charge < -0.3 is 9.64 Å². The fourth-order valence-corrected chi connectivity index (χ4v) is 2.38. The fraction of sp³-hybridized carbons (Fsp3) is 0.176. The highest BCUT2D eigenvalue weighted by Crippen LogP contribution is 2.29. The molecule has 0 bridgehead atoms. The molecule has 104 valence electrons. The lowest BCUT2D eigenvalue weighted by Crippen LogP contribution is -2.24. The number of hydrogen-bond donors (Lipinski definition) is 0. The van der Waals surface area contributed by atoms with Crippen LogP contribution < -0.4 is 9.64 Å². The zero-order valence-electron chi connectivity index (χ0n) is 11.4. The number of carbonyl (C=O) groups is 1. The monoisotopic (exact) mass is 278 g/mol. The average Bonchev–Trinajstić information content (AvgIpc) is 2.90. The molecule has 2 aromatic rings. The minimum Gasteiger partial charge on any atom is -0.457 e. The van der Waals surface area contributed by atoms with Crippen LogP contribution >= 0.6 is 0 Å². The van der Waals surface area contributed by atoms with E-state index in [0.29, 0.717) is 18.7 Å². The van der Waals surface area contributed by atoms with Crippen LogP contribution in [0.5, 0.6) is 11.5 Å². The third-order valence-electron chi connectivity index (χ3n) is 3.42. The van der Waals surface area contributed by atoms with Crippen LogP contribution in [0.25, 0.3) is 0 Å². The van der Waals surface area contributed by atoms with Gasteiger partial charge in [-0.2, -0.15) is 5.26 Å². The number of rotatable bonds is 3. The van der Waals surface area contributed by atoms with Crippen molar-refractivity contribution in [3.8, 4) is 17.6 Å². The smallest absolute Gasteiger partial charge is 0.228 e. The van der Waals surface area contributed by atoms with Crippen molar-refractivity contribution in [3.63, 3.8) is 0 Å². The minimum absolute atomic E-state index is 0.0154. The maximum atomic E-state index is 11.9. The summed E-state index contributed by atoms with van der Waals surface area (Å²) in [4.78, 5) is 13.6. The maximum absolute atomic E-state index is 11.9. The van der Waals surface area contributed by atoms with Gasteiger partial charge in [0.25, 0.3) is 0 Å². The third kappa shape index (κ3) is 2.87. The number of benzene rings is 2. The molecule has 1 heterocycles. The molecule has 0 radical (unpaired) electrons. The largest absolute Gasteiger partial charge is 0.457 e. The fourth-order valence-electron chi connectivity index (χ4n) is 2.38. The number of carbonyl (C=O) groups excluding carboxylic acids is 1. The van der Waals surface area contributed by atoms with Crippen molar-refractivity contribution < 1.29 is 9.53 Å². The van der Waals surface area contributed by atoms with Crippen molar-refractivity contribution >= 4 is 11.6 Å². The van der Waals surface area contributed by atoms with E-state index in [0.717, 1.165) is 11.4 Å². The van der Waals surface area contributed by atoms with Gasteiger partial charge in [0, 0.05) is 24.7 Å². The molecule has 0 N–H and O–H groups in total. The van der Waals surface area contributed by atoms with E-state index in [4.69, 9.17) is 10.00 Å². The van der Waals surface area contributed by atoms with Gasteiger partial charge in [0.2, 0.25) is 5.91 Å². The van der Waals surface area contributed by atoms with Gasteiger partial charge in [-0.05, 0) is 24.3 Å². The molecule has 1 aliphatic rings. The zero-order chi connectivity index (χ0) is 14.7. The summed E-state index contributed by atoms with van der Waals surface area (Å²) in [5.74, 6) is 1.18. The Kier molecular flexibility index (Phi) is 3.57. The van der Waals surface area contributed by atoms with Crippen LogP contribution in [0.2, 0.25) is 0 Å². The van der Waals surface area contributed by atoms with Gasteiger partial charge in [0.05, 0.1) is 12.0 Å². The quantitative estimate of drug-likeness (QED) is 0.865. The Labute approximate surface area is 123 Å². The molecule has 0 aliphatic carbocycles.